The van der Waals surface area contributed by atoms with E-state index in [0.29, 0.717) is 6.61 Å². The van der Waals surface area contributed by atoms with Crippen LogP contribution in [0.25, 0.3) is 10.9 Å². The molecule has 18 heavy (non-hydrogen) atoms. The molecule has 1 fully saturated rings. The molecule has 0 radical (unpaired) electrons. The van der Waals surface area contributed by atoms with E-state index in [4.69, 9.17) is 4.74 Å². The Kier molecular flexibility index (Phi) is 2.84. The number of ether oxygens (including phenoxy) is 1. The average Bonchev–Trinajstić information content (AvgIpc) is 2.83. The Labute approximate surface area is 106 Å². The summed E-state index contributed by atoms with van der Waals surface area (Å²) in [6.45, 7) is 2.66. The number of hydrogen-bond donors (Lipinski definition) is 0. The van der Waals surface area contributed by atoms with Crippen molar-refractivity contribution in [2.45, 2.75) is 19.4 Å². The summed E-state index contributed by atoms with van der Waals surface area (Å²) in [4.78, 5) is 16.7. The third kappa shape index (κ3) is 1.91. The van der Waals surface area contributed by atoms with Gasteiger partial charge >= 0.3 is 0 Å². The van der Waals surface area contributed by atoms with Gasteiger partial charge in [-0.3, -0.25) is 9.78 Å². The summed E-state index contributed by atoms with van der Waals surface area (Å²) in [5.74, 6) is 0.185. The van der Waals surface area contributed by atoms with Crippen molar-refractivity contribution in [2.75, 3.05) is 6.61 Å². The van der Waals surface area contributed by atoms with Gasteiger partial charge in [-0.15, -0.1) is 0 Å². The normalized spacial score (nSPS) is 23.4. The van der Waals surface area contributed by atoms with Crippen LogP contribution >= 0.6 is 0 Å². The van der Waals surface area contributed by atoms with Crippen molar-refractivity contribution >= 4 is 16.7 Å². The summed E-state index contributed by atoms with van der Waals surface area (Å²) >= 11 is 0. The number of Topliss-reactive ketones (excluding diaryl/α,β-unsaturated/α-hetero) is 1. The second-order valence-corrected chi connectivity index (χ2v) is 4.75. The lowest BCUT2D eigenvalue weighted by Gasteiger charge is -2.12. The van der Waals surface area contributed by atoms with E-state index in [9.17, 15) is 4.79 Å². The first kappa shape index (κ1) is 11.4. The van der Waals surface area contributed by atoms with Crippen molar-refractivity contribution in [2.24, 2.45) is 5.92 Å². The number of nitrogens with zero attached hydrogens (tertiary/aromatic N) is 1. The van der Waals surface area contributed by atoms with Crippen molar-refractivity contribution in [1.82, 2.24) is 4.98 Å². The first-order valence-corrected chi connectivity index (χ1v) is 6.26. The summed E-state index contributed by atoms with van der Waals surface area (Å²) in [7, 11) is 0. The maximum Gasteiger partial charge on any atom is 0.168 e. The zero-order valence-corrected chi connectivity index (χ0v) is 10.3. The zero-order chi connectivity index (χ0) is 12.5. The van der Waals surface area contributed by atoms with Gasteiger partial charge in [-0.05, 0) is 37.6 Å². The van der Waals surface area contributed by atoms with Crippen molar-refractivity contribution in [3.8, 4) is 0 Å². The van der Waals surface area contributed by atoms with Gasteiger partial charge in [0.2, 0.25) is 0 Å². The highest BCUT2D eigenvalue weighted by Gasteiger charge is 2.31. The number of ketones is 1. The van der Waals surface area contributed by atoms with E-state index in [0.717, 1.165) is 22.9 Å². The Hall–Kier alpha value is -1.74. The third-order valence-corrected chi connectivity index (χ3v) is 3.60. The van der Waals surface area contributed by atoms with Crippen LogP contribution in [0.3, 0.4) is 0 Å². The molecule has 1 aliphatic heterocycles. The monoisotopic (exact) mass is 241 g/mol. The summed E-state index contributed by atoms with van der Waals surface area (Å²) in [5, 5.41) is 1.01. The number of hydrogen-bond acceptors (Lipinski definition) is 3. The predicted octanol–water partition coefficient (Wildman–Crippen LogP) is 2.84. The second-order valence-electron chi connectivity index (χ2n) is 4.75. The third-order valence-electron chi connectivity index (χ3n) is 3.60. The number of aromatic nitrogens is 1. The summed E-state index contributed by atoms with van der Waals surface area (Å²) in [5.41, 5.74) is 1.68. The maximum atomic E-state index is 12.4. The van der Waals surface area contributed by atoms with E-state index < -0.39 is 0 Å². The van der Waals surface area contributed by atoms with Crippen molar-refractivity contribution in [1.29, 1.82) is 0 Å². The van der Waals surface area contributed by atoms with E-state index in [1.807, 2.05) is 37.3 Å². The Morgan fingerprint density at radius 1 is 1.39 bits per heavy atom. The maximum absolute atomic E-state index is 12.4. The van der Waals surface area contributed by atoms with E-state index in [1.165, 1.54) is 0 Å². The fraction of sp³-hybridized carbons (Fsp3) is 0.333. The van der Waals surface area contributed by atoms with Gasteiger partial charge in [0.15, 0.2) is 5.78 Å². The summed E-state index contributed by atoms with van der Waals surface area (Å²) in [6.07, 6.45) is 2.61. The molecule has 92 valence electrons. The molecule has 1 aromatic carbocycles. The van der Waals surface area contributed by atoms with Gasteiger partial charge in [0.05, 0.1) is 17.5 Å². The van der Waals surface area contributed by atoms with Gasteiger partial charge in [-0.1, -0.05) is 6.07 Å². The molecule has 0 saturated carbocycles. The van der Waals surface area contributed by atoms with Crippen LogP contribution in [0.2, 0.25) is 0 Å². The van der Waals surface area contributed by atoms with Gasteiger partial charge in [0.25, 0.3) is 0 Å². The molecule has 0 bridgehead atoms. The van der Waals surface area contributed by atoms with E-state index in [1.54, 1.807) is 6.20 Å². The number of carbonyl (C=O) groups excluding carboxylic acids is 1. The van der Waals surface area contributed by atoms with E-state index in [-0.39, 0.29) is 17.8 Å². The fourth-order valence-corrected chi connectivity index (χ4v) is 2.52. The molecule has 1 aliphatic rings. The molecule has 2 atom stereocenters. The lowest BCUT2D eigenvalue weighted by atomic mass is 9.92. The molecule has 2 heterocycles. The molecule has 3 heteroatoms. The summed E-state index contributed by atoms with van der Waals surface area (Å²) in [6, 6.07) is 9.56. The minimum Gasteiger partial charge on any atom is -0.378 e. The number of pyridine rings is 1. The quantitative estimate of drug-likeness (QED) is 0.759. The topological polar surface area (TPSA) is 39.2 Å². The van der Waals surface area contributed by atoms with Gasteiger partial charge in [0.1, 0.15) is 0 Å². The second kappa shape index (κ2) is 4.50. The molecular weight excluding hydrogens is 226 g/mol. The molecule has 1 saturated heterocycles. The number of fused-ring (bicyclic) bond motifs is 1. The summed E-state index contributed by atoms with van der Waals surface area (Å²) < 4.78 is 5.46. The Balaban J connectivity index is 1.96. The molecule has 3 rings (SSSR count). The largest absolute Gasteiger partial charge is 0.378 e. The molecule has 2 aromatic rings. The lowest BCUT2D eigenvalue weighted by Crippen LogP contribution is -2.21. The Morgan fingerprint density at radius 2 is 2.28 bits per heavy atom. The van der Waals surface area contributed by atoms with Crippen LogP contribution < -0.4 is 0 Å². The lowest BCUT2D eigenvalue weighted by molar-refractivity contribution is 0.0764. The molecule has 1 aromatic heterocycles. The van der Waals surface area contributed by atoms with Crippen molar-refractivity contribution in [3.05, 3.63) is 42.1 Å². The van der Waals surface area contributed by atoms with Crippen LogP contribution in [-0.4, -0.2) is 23.5 Å². The Bertz CT molecular complexity index is 594. The highest BCUT2D eigenvalue weighted by molar-refractivity contribution is 6.01. The fourth-order valence-electron chi connectivity index (χ4n) is 2.52. The predicted molar refractivity (Wildman–Crippen MR) is 69.6 cm³/mol. The van der Waals surface area contributed by atoms with Crippen LogP contribution in [0.1, 0.15) is 23.7 Å². The smallest absolute Gasteiger partial charge is 0.168 e. The van der Waals surface area contributed by atoms with Crippen molar-refractivity contribution in [3.63, 3.8) is 0 Å². The number of benzene rings is 1. The van der Waals surface area contributed by atoms with Crippen LogP contribution in [0.15, 0.2) is 36.5 Å². The zero-order valence-electron chi connectivity index (χ0n) is 10.3. The number of carbonyl (C=O) groups is 1. The average molecular weight is 241 g/mol. The van der Waals surface area contributed by atoms with Gasteiger partial charge in [-0.25, -0.2) is 0 Å². The molecule has 2 unspecified atom stereocenters. The van der Waals surface area contributed by atoms with E-state index in [2.05, 4.69) is 4.98 Å². The van der Waals surface area contributed by atoms with Crippen LogP contribution in [0.5, 0.6) is 0 Å². The molecule has 3 nitrogen and oxygen atoms in total. The van der Waals surface area contributed by atoms with Crippen LogP contribution in [0, 0.1) is 5.92 Å². The Morgan fingerprint density at radius 3 is 3.06 bits per heavy atom. The SMILES string of the molecule is CC1OCCC1C(=O)c1ccc2ncccc2c1. The highest BCUT2D eigenvalue weighted by Crippen LogP contribution is 2.25. The molecule has 0 aliphatic carbocycles. The molecule has 0 spiro atoms. The van der Waals surface area contributed by atoms with Crippen molar-refractivity contribution < 1.29 is 9.53 Å². The minimum absolute atomic E-state index is 0.000813. The first-order chi connectivity index (χ1) is 8.75. The molecular formula is C15H15NO2. The van der Waals surface area contributed by atoms with Gasteiger partial charge in [-0.2, -0.15) is 0 Å². The molecule has 0 amide bonds. The van der Waals surface area contributed by atoms with Gasteiger partial charge < -0.3 is 4.74 Å². The first-order valence-electron chi connectivity index (χ1n) is 6.26. The van der Waals surface area contributed by atoms with Gasteiger partial charge in [0, 0.05) is 23.8 Å². The van der Waals surface area contributed by atoms with Crippen LogP contribution in [0.4, 0.5) is 0 Å². The minimum atomic E-state index is -0.000813. The van der Waals surface area contributed by atoms with E-state index >= 15 is 0 Å². The number of rotatable bonds is 2. The molecule has 0 N–H and O–H groups in total. The standard InChI is InChI=1S/C15H15NO2/c1-10-13(6-8-18-10)15(17)12-4-5-14-11(9-12)3-2-7-16-14/h2-5,7,9-10,13H,6,8H2,1H3. The van der Waals surface area contributed by atoms with Crippen LogP contribution in [-0.2, 0) is 4.74 Å². The highest BCUT2D eigenvalue weighted by atomic mass is 16.5.